The molecular weight excluding hydrogens is 264 g/mol. The summed E-state index contributed by atoms with van der Waals surface area (Å²) in [6, 6.07) is 5.49. The zero-order valence-electron chi connectivity index (χ0n) is 10.8. The van der Waals surface area contributed by atoms with Crippen molar-refractivity contribution in [1.82, 2.24) is 0 Å². The molecule has 0 bridgehead atoms. The van der Waals surface area contributed by atoms with Gasteiger partial charge >= 0.3 is 0 Å². The molecule has 1 aliphatic rings. The Hall–Kier alpha value is -1.04. The van der Waals surface area contributed by atoms with E-state index in [0.29, 0.717) is 24.3 Å². The molecule has 0 aromatic heterocycles. The van der Waals surface area contributed by atoms with Crippen molar-refractivity contribution in [3.8, 4) is 5.75 Å². The van der Waals surface area contributed by atoms with E-state index in [1.54, 1.807) is 6.07 Å². The van der Waals surface area contributed by atoms with E-state index in [4.69, 9.17) is 4.74 Å². The molecule has 1 aromatic rings. The maximum Gasteiger partial charge on any atom is 0.185 e. The zero-order valence-corrected chi connectivity index (χ0v) is 11.7. The number of carbonyl (C=O) groups excluding carboxylic acids is 1. The summed E-state index contributed by atoms with van der Waals surface area (Å²) in [6.07, 6.45) is -0.545. The lowest BCUT2D eigenvalue weighted by Crippen LogP contribution is -2.19. The first-order chi connectivity index (χ1) is 9.08. The van der Waals surface area contributed by atoms with Crippen molar-refractivity contribution in [1.29, 1.82) is 0 Å². The molecule has 19 heavy (non-hydrogen) atoms. The predicted octanol–water partition coefficient (Wildman–Crippen LogP) is 1.69. The van der Waals surface area contributed by atoms with Crippen molar-refractivity contribution in [2.45, 2.75) is 32.0 Å². The fourth-order valence-electron chi connectivity index (χ4n) is 2.09. The largest absolute Gasteiger partial charge is 0.493 e. The first kappa shape index (κ1) is 14.4. The molecule has 0 amide bonds. The van der Waals surface area contributed by atoms with Gasteiger partial charge in [0.1, 0.15) is 11.9 Å². The van der Waals surface area contributed by atoms with Gasteiger partial charge in [0.15, 0.2) is 5.12 Å². The highest BCUT2D eigenvalue weighted by atomic mass is 32.2. The standard InChI is InChI=1S/C14H18O4S/c1-9(15)19-7-5-12(16)14(17)11-2-3-13-10(8-11)4-6-18-13/h2-3,8,12,14,16-17H,4-7H2,1H3. The lowest BCUT2D eigenvalue weighted by atomic mass is 10.00. The van der Waals surface area contributed by atoms with Gasteiger partial charge in [0.25, 0.3) is 0 Å². The summed E-state index contributed by atoms with van der Waals surface area (Å²) in [6.45, 7) is 2.17. The Morgan fingerprint density at radius 2 is 2.26 bits per heavy atom. The summed E-state index contributed by atoms with van der Waals surface area (Å²) in [5.74, 6) is 1.37. The molecule has 2 unspecified atom stereocenters. The van der Waals surface area contributed by atoms with E-state index in [9.17, 15) is 15.0 Å². The number of ether oxygens (including phenoxy) is 1. The average molecular weight is 282 g/mol. The highest BCUT2D eigenvalue weighted by Crippen LogP contribution is 2.29. The van der Waals surface area contributed by atoms with E-state index in [1.165, 1.54) is 6.92 Å². The first-order valence-corrected chi connectivity index (χ1v) is 7.31. The van der Waals surface area contributed by atoms with Crippen LogP contribution in [0.15, 0.2) is 18.2 Å². The topological polar surface area (TPSA) is 66.8 Å². The Labute approximate surface area is 116 Å². The fraction of sp³-hybridized carbons (Fsp3) is 0.500. The molecule has 0 spiro atoms. The van der Waals surface area contributed by atoms with Crippen LogP contribution in [0.1, 0.15) is 30.6 Å². The second kappa shape index (κ2) is 6.41. The van der Waals surface area contributed by atoms with Gasteiger partial charge in [-0.15, -0.1) is 0 Å². The van der Waals surface area contributed by atoms with Gasteiger partial charge in [0, 0.05) is 19.1 Å². The summed E-state index contributed by atoms with van der Waals surface area (Å²) in [4.78, 5) is 10.8. The van der Waals surface area contributed by atoms with Crippen LogP contribution in [-0.2, 0) is 11.2 Å². The quantitative estimate of drug-likeness (QED) is 0.860. The summed E-state index contributed by atoms with van der Waals surface area (Å²) >= 11 is 1.16. The minimum absolute atomic E-state index is 0.0244. The van der Waals surface area contributed by atoms with Crippen molar-refractivity contribution in [3.05, 3.63) is 29.3 Å². The highest BCUT2D eigenvalue weighted by molar-refractivity contribution is 8.13. The molecule has 2 N–H and O–H groups in total. The molecule has 0 saturated heterocycles. The molecule has 0 saturated carbocycles. The normalized spacial score (nSPS) is 16.6. The molecule has 1 aromatic carbocycles. The van der Waals surface area contributed by atoms with Crippen molar-refractivity contribution in [2.75, 3.05) is 12.4 Å². The minimum atomic E-state index is -0.918. The first-order valence-electron chi connectivity index (χ1n) is 6.33. The Morgan fingerprint density at radius 1 is 1.47 bits per heavy atom. The van der Waals surface area contributed by atoms with Gasteiger partial charge in [0.2, 0.25) is 0 Å². The fourth-order valence-corrected chi connectivity index (χ4v) is 2.74. The Kier molecular flexibility index (Phi) is 4.85. The third kappa shape index (κ3) is 3.72. The molecular formula is C14H18O4S. The number of hydrogen-bond donors (Lipinski definition) is 2. The monoisotopic (exact) mass is 282 g/mol. The summed E-state index contributed by atoms with van der Waals surface area (Å²) < 4.78 is 5.40. The Bertz CT molecular complexity index is 461. The van der Waals surface area contributed by atoms with E-state index in [-0.39, 0.29) is 5.12 Å². The summed E-state index contributed by atoms with van der Waals surface area (Å²) in [7, 11) is 0. The Balaban J connectivity index is 1.94. The lowest BCUT2D eigenvalue weighted by molar-refractivity contribution is -0.109. The molecule has 1 aliphatic heterocycles. The molecule has 0 fully saturated rings. The summed E-state index contributed by atoms with van der Waals surface area (Å²) in [5, 5.41) is 20.1. The smallest absolute Gasteiger partial charge is 0.185 e. The third-order valence-corrected chi connectivity index (χ3v) is 3.98. The molecule has 2 rings (SSSR count). The Morgan fingerprint density at radius 3 is 3.00 bits per heavy atom. The van der Waals surface area contributed by atoms with Gasteiger partial charge in [0.05, 0.1) is 12.7 Å². The van der Waals surface area contributed by atoms with Gasteiger partial charge in [-0.05, 0) is 29.7 Å². The van der Waals surface area contributed by atoms with Crippen molar-refractivity contribution in [3.63, 3.8) is 0 Å². The van der Waals surface area contributed by atoms with Crippen molar-refractivity contribution in [2.24, 2.45) is 0 Å². The predicted molar refractivity (Wildman–Crippen MR) is 74.4 cm³/mol. The number of fused-ring (bicyclic) bond motifs is 1. The minimum Gasteiger partial charge on any atom is -0.493 e. The van der Waals surface area contributed by atoms with Crippen LogP contribution < -0.4 is 4.74 Å². The average Bonchev–Trinajstić information content (AvgIpc) is 2.84. The van der Waals surface area contributed by atoms with Crippen LogP contribution in [0.4, 0.5) is 0 Å². The van der Waals surface area contributed by atoms with Crippen LogP contribution in [-0.4, -0.2) is 33.8 Å². The molecule has 1 heterocycles. The number of rotatable bonds is 5. The molecule has 0 aliphatic carbocycles. The van der Waals surface area contributed by atoms with Gasteiger partial charge in [-0.25, -0.2) is 0 Å². The molecule has 4 nitrogen and oxygen atoms in total. The van der Waals surface area contributed by atoms with Crippen LogP contribution in [0.5, 0.6) is 5.75 Å². The van der Waals surface area contributed by atoms with E-state index < -0.39 is 12.2 Å². The van der Waals surface area contributed by atoms with Gasteiger partial charge in [-0.2, -0.15) is 0 Å². The zero-order chi connectivity index (χ0) is 13.8. The van der Waals surface area contributed by atoms with Crippen LogP contribution in [0, 0.1) is 0 Å². The maximum atomic E-state index is 10.8. The second-order valence-corrected chi connectivity index (χ2v) is 5.88. The SMILES string of the molecule is CC(=O)SCCC(O)C(O)c1ccc2c(c1)CCO2. The molecule has 104 valence electrons. The van der Waals surface area contributed by atoms with Crippen molar-refractivity contribution >= 4 is 16.9 Å². The van der Waals surface area contributed by atoms with Crippen LogP contribution in [0.2, 0.25) is 0 Å². The van der Waals surface area contributed by atoms with Gasteiger partial charge < -0.3 is 14.9 Å². The van der Waals surface area contributed by atoms with Crippen LogP contribution in [0.25, 0.3) is 0 Å². The van der Waals surface area contributed by atoms with Crippen LogP contribution in [0.3, 0.4) is 0 Å². The maximum absolute atomic E-state index is 10.8. The van der Waals surface area contributed by atoms with Crippen molar-refractivity contribution < 1.29 is 19.7 Å². The molecule has 5 heteroatoms. The van der Waals surface area contributed by atoms with E-state index in [2.05, 4.69) is 0 Å². The molecule has 0 radical (unpaired) electrons. The number of aliphatic hydroxyl groups excluding tert-OH is 2. The highest BCUT2D eigenvalue weighted by Gasteiger charge is 2.21. The van der Waals surface area contributed by atoms with Crippen LogP contribution >= 0.6 is 11.8 Å². The number of hydrogen-bond acceptors (Lipinski definition) is 5. The molecule has 2 atom stereocenters. The number of benzene rings is 1. The number of aliphatic hydroxyl groups is 2. The second-order valence-electron chi connectivity index (χ2n) is 4.61. The lowest BCUT2D eigenvalue weighted by Gasteiger charge is -2.18. The van der Waals surface area contributed by atoms with E-state index >= 15 is 0 Å². The number of carbonyl (C=O) groups is 1. The van der Waals surface area contributed by atoms with Gasteiger partial charge in [-0.1, -0.05) is 17.8 Å². The summed E-state index contributed by atoms with van der Waals surface area (Å²) in [5.41, 5.74) is 1.77. The van der Waals surface area contributed by atoms with Gasteiger partial charge in [-0.3, -0.25) is 4.79 Å². The third-order valence-electron chi connectivity index (χ3n) is 3.14. The van der Waals surface area contributed by atoms with E-state index in [1.807, 2.05) is 12.1 Å². The van der Waals surface area contributed by atoms with E-state index in [0.717, 1.165) is 29.5 Å². The number of thioether (sulfide) groups is 1.